The molecule has 0 fully saturated rings. The molecule has 9 heteroatoms. The first kappa shape index (κ1) is 18.4. The maximum absolute atomic E-state index is 14.0. The normalized spacial score (nSPS) is 10.9. The summed E-state index contributed by atoms with van der Waals surface area (Å²) in [6.45, 7) is 0.410. The van der Waals surface area contributed by atoms with Gasteiger partial charge in [-0.1, -0.05) is 29.8 Å². The van der Waals surface area contributed by atoms with Crippen molar-refractivity contribution in [3.63, 3.8) is 0 Å². The van der Waals surface area contributed by atoms with Crippen LogP contribution in [0.3, 0.4) is 0 Å². The zero-order chi connectivity index (χ0) is 19.5. The van der Waals surface area contributed by atoms with E-state index in [2.05, 4.69) is 20.7 Å². The van der Waals surface area contributed by atoms with Gasteiger partial charge in [-0.2, -0.15) is 4.98 Å². The van der Waals surface area contributed by atoms with Gasteiger partial charge in [0.1, 0.15) is 5.82 Å². The molecule has 2 amide bonds. The van der Waals surface area contributed by atoms with Gasteiger partial charge in [0.05, 0.1) is 11.3 Å². The molecule has 2 N–H and O–H groups in total. The Morgan fingerprint density at radius 3 is 2.89 bits per heavy atom. The molecule has 0 saturated heterocycles. The summed E-state index contributed by atoms with van der Waals surface area (Å²) in [6.07, 6.45) is 0.559. The number of hydrogen-bond donors (Lipinski definition) is 2. The second-order valence-corrected chi connectivity index (χ2v) is 7.25. The van der Waals surface area contributed by atoms with Crippen LogP contribution >= 0.6 is 22.9 Å². The fourth-order valence-electron chi connectivity index (χ4n) is 2.70. The molecule has 4 rings (SSSR count). The average molecular weight is 416 g/mol. The topological polar surface area (TPSA) is 71.3 Å². The molecule has 0 aliphatic rings. The molecule has 0 unspecified atom stereocenters. The zero-order valence-electron chi connectivity index (χ0n) is 14.5. The van der Waals surface area contributed by atoms with Gasteiger partial charge in [0.15, 0.2) is 5.82 Å². The number of aromatic nitrogens is 3. The molecule has 2 aromatic carbocycles. The van der Waals surface area contributed by atoms with Crippen LogP contribution in [0.1, 0.15) is 5.69 Å². The summed E-state index contributed by atoms with van der Waals surface area (Å²) in [5, 5.41) is 12.4. The fourth-order valence-corrected chi connectivity index (χ4v) is 3.75. The molecule has 28 heavy (non-hydrogen) atoms. The quantitative estimate of drug-likeness (QED) is 0.499. The minimum absolute atomic E-state index is 0.320. The molecule has 2 aromatic heterocycles. The number of amides is 2. The van der Waals surface area contributed by atoms with E-state index in [-0.39, 0.29) is 11.8 Å². The largest absolute Gasteiger partial charge is 0.337 e. The van der Waals surface area contributed by atoms with Crippen LogP contribution in [0.4, 0.5) is 14.9 Å². The van der Waals surface area contributed by atoms with Crippen molar-refractivity contribution in [1.82, 2.24) is 19.9 Å². The average Bonchev–Trinajstić information content (AvgIpc) is 3.24. The zero-order valence-corrected chi connectivity index (χ0v) is 16.1. The minimum atomic E-state index is -0.360. The molecule has 0 spiro atoms. The number of thiazole rings is 1. The summed E-state index contributed by atoms with van der Waals surface area (Å²) in [5.74, 6) is -0.0143. The van der Waals surface area contributed by atoms with Crippen molar-refractivity contribution < 1.29 is 9.18 Å². The van der Waals surface area contributed by atoms with Crippen molar-refractivity contribution in [1.29, 1.82) is 0 Å². The number of anilines is 1. The number of rotatable bonds is 5. The van der Waals surface area contributed by atoms with E-state index >= 15 is 0 Å². The molecule has 0 aliphatic heterocycles. The smallest absolute Gasteiger partial charge is 0.319 e. The van der Waals surface area contributed by atoms with E-state index < -0.39 is 0 Å². The molecule has 0 saturated carbocycles. The van der Waals surface area contributed by atoms with Gasteiger partial charge in [-0.15, -0.1) is 16.4 Å². The lowest BCUT2D eigenvalue weighted by molar-refractivity contribution is 0.252. The molecule has 0 atom stereocenters. The first-order chi connectivity index (χ1) is 13.6. The lowest BCUT2D eigenvalue weighted by Gasteiger charge is -2.07. The van der Waals surface area contributed by atoms with Crippen LogP contribution in [0.2, 0.25) is 5.02 Å². The third kappa shape index (κ3) is 3.97. The Labute approximate surface area is 169 Å². The maximum atomic E-state index is 14.0. The van der Waals surface area contributed by atoms with E-state index in [1.807, 2.05) is 5.38 Å². The highest BCUT2D eigenvalue weighted by Crippen LogP contribution is 2.23. The van der Waals surface area contributed by atoms with Gasteiger partial charge in [-0.25, -0.2) is 13.7 Å². The summed E-state index contributed by atoms with van der Waals surface area (Å²) in [5.41, 5.74) is 1.87. The van der Waals surface area contributed by atoms with Gasteiger partial charge in [-0.05, 0) is 30.3 Å². The van der Waals surface area contributed by atoms with Crippen LogP contribution in [-0.4, -0.2) is 27.2 Å². The molecule has 142 valence electrons. The van der Waals surface area contributed by atoms with Crippen molar-refractivity contribution in [2.24, 2.45) is 0 Å². The Morgan fingerprint density at radius 2 is 2.07 bits per heavy atom. The molecular formula is C19H15ClFN5OS. The number of benzene rings is 2. The monoisotopic (exact) mass is 415 g/mol. The van der Waals surface area contributed by atoms with Crippen LogP contribution in [-0.2, 0) is 6.42 Å². The van der Waals surface area contributed by atoms with Crippen LogP contribution < -0.4 is 10.6 Å². The van der Waals surface area contributed by atoms with Crippen LogP contribution in [0.5, 0.6) is 0 Å². The van der Waals surface area contributed by atoms with E-state index in [9.17, 15) is 9.18 Å². The summed E-state index contributed by atoms with van der Waals surface area (Å²) >= 11 is 7.32. The highest BCUT2D eigenvalue weighted by atomic mass is 35.5. The van der Waals surface area contributed by atoms with Gasteiger partial charge < -0.3 is 10.6 Å². The molecule has 0 bridgehead atoms. The Morgan fingerprint density at radius 1 is 1.21 bits per heavy atom. The molecule has 4 aromatic rings. The van der Waals surface area contributed by atoms with Crippen molar-refractivity contribution in [2.45, 2.75) is 6.42 Å². The van der Waals surface area contributed by atoms with Gasteiger partial charge in [-0.3, -0.25) is 0 Å². The van der Waals surface area contributed by atoms with Crippen LogP contribution in [0, 0.1) is 5.82 Å². The van der Waals surface area contributed by atoms with Gasteiger partial charge in [0, 0.05) is 29.1 Å². The molecular weight excluding hydrogens is 401 g/mol. The number of nitrogens with zero attached hydrogens (tertiary/aromatic N) is 3. The van der Waals surface area contributed by atoms with E-state index in [1.165, 1.54) is 17.4 Å². The van der Waals surface area contributed by atoms with Crippen LogP contribution in [0.25, 0.3) is 16.3 Å². The number of carbonyl (C=O) groups excluding carboxylic acids is 1. The Kier molecular flexibility index (Phi) is 5.23. The van der Waals surface area contributed by atoms with Crippen molar-refractivity contribution in [3.05, 3.63) is 70.4 Å². The number of fused-ring (bicyclic) bond motifs is 1. The second kappa shape index (κ2) is 7.95. The second-order valence-electron chi connectivity index (χ2n) is 5.98. The highest BCUT2D eigenvalue weighted by Gasteiger charge is 2.14. The first-order valence-corrected chi connectivity index (χ1v) is 9.74. The van der Waals surface area contributed by atoms with E-state index in [4.69, 9.17) is 11.6 Å². The number of nitrogens with one attached hydrogen (secondary N) is 2. The number of hydrogen-bond acceptors (Lipinski definition) is 4. The first-order valence-electron chi connectivity index (χ1n) is 8.48. The highest BCUT2D eigenvalue weighted by molar-refractivity contribution is 7.15. The minimum Gasteiger partial charge on any atom is -0.337 e. The predicted octanol–water partition coefficient (Wildman–Crippen LogP) is 4.61. The van der Waals surface area contributed by atoms with E-state index in [0.717, 1.165) is 5.69 Å². The van der Waals surface area contributed by atoms with Crippen molar-refractivity contribution >= 4 is 39.6 Å². The summed E-state index contributed by atoms with van der Waals surface area (Å²) < 4.78 is 15.6. The maximum Gasteiger partial charge on any atom is 0.319 e. The number of carbonyl (C=O) groups is 1. The van der Waals surface area contributed by atoms with Gasteiger partial charge in [0.2, 0.25) is 4.96 Å². The van der Waals surface area contributed by atoms with Crippen LogP contribution in [0.15, 0.2) is 53.9 Å². The lowest BCUT2D eigenvalue weighted by atomic mass is 10.2. The Hall–Kier alpha value is -2.97. The predicted molar refractivity (Wildman–Crippen MR) is 108 cm³/mol. The number of urea groups is 1. The number of halogens is 2. The third-order valence-corrected chi connectivity index (χ3v) is 5.11. The fraction of sp³-hybridized carbons (Fsp3) is 0.105. The van der Waals surface area contributed by atoms with Gasteiger partial charge in [0.25, 0.3) is 0 Å². The summed E-state index contributed by atoms with van der Waals surface area (Å²) in [7, 11) is 0. The Bertz CT molecular complexity index is 1140. The van der Waals surface area contributed by atoms with E-state index in [1.54, 1.807) is 47.0 Å². The molecule has 2 heterocycles. The Balaban J connectivity index is 1.40. The van der Waals surface area contributed by atoms with E-state index in [0.29, 0.717) is 40.0 Å². The molecule has 0 aliphatic carbocycles. The van der Waals surface area contributed by atoms with Crippen molar-refractivity contribution in [2.75, 3.05) is 11.9 Å². The standard InChI is InChI=1S/C19H15ClFN5OS/c20-12-4-3-5-13(10-12)23-18(27)22-9-8-14-11-28-19-24-17(25-26(14)19)15-6-1-2-7-16(15)21/h1-7,10-11H,8-9H2,(H2,22,23,27). The van der Waals surface area contributed by atoms with Crippen molar-refractivity contribution in [3.8, 4) is 11.4 Å². The summed E-state index contributed by atoms with van der Waals surface area (Å²) in [4.78, 5) is 17.1. The summed E-state index contributed by atoms with van der Waals surface area (Å²) in [6, 6.07) is 13.0. The van der Waals surface area contributed by atoms with Gasteiger partial charge >= 0.3 is 6.03 Å². The lowest BCUT2D eigenvalue weighted by Crippen LogP contribution is -2.30. The molecule has 0 radical (unpaired) electrons. The third-order valence-electron chi connectivity index (χ3n) is 4.01. The SMILES string of the molecule is O=C(NCCc1csc2nc(-c3ccccc3F)nn12)Nc1cccc(Cl)c1. The molecule has 6 nitrogen and oxygen atoms in total.